The Morgan fingerprint density at radius 2 is 1.65 bits per heavy atom. The zero-order chi connectivity index (χ0) is 25.1. The lowest BCUT2D eigenvalue weighted by Crippen LogP contribution is -2.34. The van der Waals surface area contributed by atoms with Gasteiger partial charge in [-0.3, -0.25) is 14.9 Å². The van der Waals surface area contributed by atoms with Crippen LogP contribution in [0.1, 0.15) is 62.8 Å². The second-order valence-electron chi connectivity index (χ2n) is 9.99. The number of thioether (sulfide) groups is 1. The summed E-state index contributed by atoms with van der Waals surface area (Å²) in [5, 5.41) is 1.66. The van der Waals surface area contributed by atoms with E-state index >= 15 is 0 Å². The van der Waals surface area contributed by atoms with Crippen LogP contribution in [-0.4, -0.2) is 18.3 Å². The minimum absolute atomic E-state index is 0.00365. The summed E-state index contributed by atoms with van der Waals surface area (Å²) in [7, 11) is 1.40. The summed E-state index contributed by atoms with van der Waals surface area (Å²) >= 11 is 0.716. The Morgan fingerprint density at radius 3 is 2.18 bits per heavy atom. The summed E-state index contributed by atoms with van der Waals surface area (Å²) < 4.78 is 48.9. The molecule has 8 heteroatoms. The largest absolute Gasteiger partial charge is 0.496 e. The van der Waals surface area contributed by atoms with E-state index in [-0.39, 0.29) is 27.2 Å². The Bertz CT molecular complexity index is 1230. The van der Waals surface area contributed by atoms with E-state index in [2.05, 4.69) is 5.32 Å². The van der Waals surface area contributed by atoms with Crippen molar-refractivity contribution in [3.05, 3.63) is 57.5 Å². The number of fused-ring (bicyclic) bond motifs is 1. The predicted octanol–water partition coefficient (Wildman–Crippen LogP) is 7.05. The van der Waals surface area contributed by atoms with E-state index in [1.165, 1.54) is 19.3 Å². The number of hydrogen-bond acceptors (Lipinski definition) is 4. The lowest BCUT2D eigenvalue weighted by molar-refractivity contribution is -0.137. The highest BCUT2D eigenvalue weighted by atomic mass is 32.2. The van der Waals surface area contributed by atoms with Crippen LogP contribution in [0.15, 0.2) is 35.2 Å². The fourth-order valence-electron chi connectivity index (χ4n) is 4.74. The molecule has 4 rings (SSSR count). The van der Waals surface area contributed by atoms with E-state index in [0.29, 0.717) is 22.9 Å². The van der Waals surface area contributed by atoms with E-state index in [9.17, 15) is 22.8 Å². The van der Waals surface area contributed by atoms with Crippen LogP contribution in [0.3, 0.4) is 0 Å². The molecule has 1 heterocycles. The van der Waals surface area contributed by atoms with Crippen molar-refractivity contribution >= 4 is 29.0 Å². The number of nitrogens with one attached hydrogen (secondary N) is 1. The Labute approximate surface area is 201 Å². The fraction of sp³-hybridized carbons (Fsp3) is 0.385. The highest BCUT2D eigenvalue weighted by Gasteiger charge is 2.42. The molecule has 2 aromatic rings. The molecule has 1 N–H and O–H groups in total. The topological polar surface area (TPSA) is 55.4 Å². The molecule has 180 valence electrons. The smallest absolute Gasteiger partial charge is 0.417 e. The third-order valence-corrected chi connectivity index (χ3v) is 7.58. The van der Waals surface area contributed by atoms with Gasteiger partial charge in [-0.05, 0) is 82.0 Å². The van der Waals surface area contributed by atoms with Crippen LogP contribution in [0.4, 0.5) is 18.0 Å². The maximum absolute atomic E-state index is 14.5. The van der Waals surface area contributed by atoms with Crippen molar-refractivity contribution in [2.45, 2.75) is 57.5 Å². The third-order valence-electron chi connectivity index (χ3n) is 6.77. The number of amides is 2. The molecular formula is C26H26F3NO3S. The zero-order valence-corrected chi connectivity index (χ0v) is 20.5. The summed E-state index contributed by atoms with van der Waals surface area (Å²) in [5.41, 5.74) is 0.720. The third kappa shape index (κ3) is 4.24. The van der Waals surface area contributed by atoms with Gasteiger partial charge in [0.2, 0.25) is 0 Å². The lowest BCUT2D eigenvalue weighted by atomic mass is 9.62. The molecule has 1 fully saturated rings. The normalized spacial score (nSPS) is 20.3. The van der Waals surface area contributed by atoms with Gasteiger partial charge < -0.3 is 4.74 Å². The molecule has 2 amide bonds. The first-order chi connectivity index (χ1) is 15.7. The van der Waals surface area contributed by atoms with Crippen molar-refractivity contribution < 1.29 is 27.5 Å². The average Bonchev–Trinajstić information content (AvgIpc) is 3.06. The minimum Gasteiger partial charge on any atom is -0.496 e. The molecule has 0 unspecified atom stereocenters. The Hall–Kier alpha value is -2.74. The highest BCUT2D eigenvalue weighted by molar-refractivity contribution is 8.18. The number of carbonyl (C=O) groups is 2. The van der Waals surface area contributed by atoms with Gasteiger partial charge >= 0.3 is 6.18 Å². The van der Waals surface area contributed by atoms with Gasteiger partial charge in [-0.2, -0.15) is 13.2 Å². The van der Waals surface area contributed by atoms with Crippen LogP contribution in [0.2, 0.25) is 0 Å². The summed E-state index contributed by atoms with van der Waals surface area (Å²) in [6, 6.07) is 7.80. The molecule has 0 saturated carbocycles. The fourth-order valence-corrected chi connectivity index (χ4v) is 5.42. The summed E-state index contributed by atoms with van der Waals surface area (Å²) in [4.78, 5) is 23.9. The van der Waals surface area contributed by atoms with E-state index in [0.717, 1.165) is 18.4 Å². The number of imide groups is 1. The molecule has 0 atom stereocenters. The lowest BCUT2D eigenvalue weighted by Gasteiger charge is -2.42. The van der Waals surface area contributed by atoms with E-state index in [1.54, 1.807) is 24.3 Å². The molecule has 1 aliphatic heterocycles. The molecule has 0 aromatic heterocycles. The number of alkyl halides is 3. The number of benzene rings is 2. The number of hydrogen-bond donors (Lipinski definition) is 1. The molecule has 0 bridgehead atoms. The van der Waals surface area contributed by atoms with E-state index in [4.69, 9.17) is 4.74 Å². The first-order valence-electron chi connectivity index (χ1n) is 10.9. The van der Waals surface area contributed by atoms with Crippen LogP contribution in [0.25, 0.3) is 17.2 Å². The maximum atomic E-state index is 14.5. The van der Waals surface area contributed by atoms with Crippen molar-refractivity contribution in [2.75, 3.05) is 7.11 Å². The predicted molar refractivity (Wildman–Crippen MR) is 128 cm³/mol. The Balaban J connectivity index is 2.06. The number of methoxy groups -OCH3 is 1. The zero-order valence-electron chi connectivity index (χ0n) is 19.6. The molecule has 2 aromatic carbocycles. The summed E-state index contributed by atoms with van der Waals surface area (Å²) in [6.07, 6.45) is -1.53. The number of rotatable bonds is 3. The van der Waals surface area contributed by atoms with Crippen molar-refractivity contribution in [3.8, 4) is 16.9 Å². The quantitative estimate of drug-likeness (QED) is 0.469. The second-order valence-corrected chi connectivity index (χ2v) is 11.0. The number of ether oxygens (including phenoxy) is 1. The van der Waals surface area contributed by atoms with Crippen LogP contribution in [-0.2, 0) is 21.8 Å². The standard InChI is InChI=1S/C26H26F3NO3S/c1-24(2)9-10-25(3,4)18-13-16(26(27,28)29)15(12-17(18)24)21-14(7-6-8-19(21)33-5)11-20-22(31)30-23(32)34-20/h6-8,11-13H,9-10H2,1-5H3,(H,30,31,32). The molecule has 0 spiro atoms. The summed E-state index contributed by atoms with van der Waals surface area (Å²) in [5.74, 6) is -0.324. The van der Waals surface area contributed by atoms with Crippen molar-refractivity contribution in [2.24, 2.45) is 0 Å². The van der Waals surface area contributed by atoms with Crippen molar-refractivity contribution in [1.29, 1.82) is 0 Å². The van der Waals surface area contributed by atoms with Gasteiger partial charge in [0.05, 0.1) is 17.6 Å². The number of carbonyl (C=O) groups excluding carboxylic acids is 2. The van der Waals surface area contributed by atoms with Gasteiger partial charge in [-0.25, -0.2) is 0 Å². The Kier molecular flexibility index (Phi) is 5.87. The van der Waals surface area contributed by atoms with Crippen molar-refractivity contribution in [3.63, 3.8) is 0 Å². The van der Waals surface area contributed by atoms with Crippen LogP contribution < -0.4 is 10.1 Å². The molecule has 2 aliphatic rings. The van der Waals surface area contributed by atoms with Gasteiger partial charge in [-0.1, -0.05) is 39.8 Å². The molecule has 34 heavy (non-hydrogen) atoms. The molecule has 1 saturated heterocycles. The Morgan fingerprint density at radius 1 is 1.03 bits per heavy atom. The van der Waals surface area contributed by atoms with Crippen LogP contribution >= 0.6 is 11.8 Å². The highest BCUT2D eigenvalue weighted by Crippen LogP contribution is 2.51. The van der Waals surface area contributed by atoms with Gasteiger partial charge in [0.1, 0.15) is 5.75 Å². The van der Waals surface area contributed by atoms with Gasteiger partial charge in [0, 0.05) is 5.56 Å². The molecule has 0 radical (unpaired) electrons. The molecular weight excluding hydrogens is 463 g/mol. The first kappa shape index (κ1) is 24.4. The van der Waals surface area contributed by atoms with E-state index < -0.39 is 28.3 Å². The average molecular weight is 490 g/mol. The van der Waals surface area contributed by atoms with Gasteiger partial charge in [0.25, 0.3) is 11.1 Å². The maximum Gasteiger partial charge on any atom is 0.417 e. The van der Waals surface area contributed by atoms with Crippen LogP contribution in [0.5, 0.6) is 5.75 Å². The van der Waals surface area contributed by atoms with Gasteiger partial charge in [0.15, 0.2) is 0 Å². The van der Waals surface area contributed by atoms with Crippen molar-refractivity contribution in [1.82, 2.24) is 5.32 Å². The molecule has 1 aliphatic carbocycles. The number of halogens is 3. The first-order valence-corrected chi connectivity index (χ1v) is 11.7. The van der Waals surface area contributed by atoms with E-state index in [1.807, 2.05) is 27.7 Å². The minimum atomic E-state index is -4.61. The molecule has 4 nitrogen and oxygen atoms in total. The van der Waals surface area contributed by atoms with Gasteiger partial charge in [-0.15, -0.1) is 0 Å². The monoisotopic (exact) mass is 489 g/mol. The van der Waals surface area contributed by atoms with Crippen LogP contribution in [0, 0.1) is 0 Å². The SMILES string of the molecule is COc1cccc(C=C2SC(=O)NC2=O)c1-c1cc2c(cc1C(F)(F)F)C(C)(C)CCC2(C)C. The summed E-state index contributed by atoms with van der Waals surface area (Å²) in [6.45, 7) is 8.06. The second kappa shape index (κ2) is 8.18.